The molecule has 0 bridgehead atoms. The second-order valence-electron chi connectivity index (χ2n) is 2.02. The van der Waals surface area contributed by atoms with Crippen LogP contribution in [0, 0.1) is 12.3 Å². The van der Waals surface area contributed by atoms with Gasteiger partial charge in [0.15, 0.2) is 0 Å². The van der Waals surface area contributed by atoms with E-state index in [2.05, 4.69) is 9.97 Å². The first-order valence-corrected chi connectivity index (χ1v) is 3.10. The Balaban J connectivity index is 2.84. The third kappa shape index (κ3) is 1.62. The van der Waals surface area contributed by atoms with Crippen molar-refractivity contribution in [2.45, 2.75) is 13.3 Å². The molecule has 3 heteroatoms. The molecular weight excluding hydrogens is 126 g/mol. The van der Waals surface area contributed by atoms with Crippen molar-refractivity contribution in [2.75, 3.05) is 0 Å². The van der Waals surface area contributed by atoms with Crippen molar-refractivity contribution >= 4 is 6.21 Å². The molecule has 0 amide bonds. The predicted octanol–water partition coefficient (Wildman–Crippen LogP) is 0.977. The quantitative estimate of drug-likeness (QED) is 0.614. The second-order valence-corrected chi connectivity index (χ2v) is 2.02. The molecule has 0 fully saturated rings. The fourth-order valence-corrected chi connectivity index (χ4v) is 0.691. The van der Waals surface area contributed by atoms with E-state index in [-0.39, 0.29) is 0 Å². The van der Waals surface area contributed by atoms with E-state index in [0.29, 0.717) is 6.42 Å². The third-order valence-corrected chi connectivity index (χ3v) is 1.13. The molecule has 0 saturated heterocycles. The topological polar surface area (TPSA) is 49.6 Å². The smallest absolute Gasteiger partial charge is 0.133 e. The molecule has 0 atom stereocenters. The minimum Gasteiger partial charge on any atom is -0.313 e. The standard InChI is InChI=1S/C7H9N3/c1-6-3-5-9-7(10-6)2-4-8/h3-5,8H,2H2,1H3. The van der Waals surface area contributed by atoms with Crippen LogP contribution in [0.25, 0.3) is 0 Å². The van der Waals surface area contributed by atoms with E-state index >= 15 is 0 Å². The summed E-state index contributed by atoms with van der Waals surface area (Å²) in [6.45, 7) is 1.91. The monoisotopic (exact) mass is 135 g/mol. The van der Waals surface area contributed by atoms with Crippen LogP contribution in [-0.4, -0.2) is 16.2 Å². The SMILES string of the molecule is Cc1ccnc(CC=N)n1. The van der Waals surface area contributed by atoms with E-state index in [9.17, 15) is 0 Å². The molecule has 0 radical (unpaired) electrons. The first-order valence-electron chi connectivity index (χ1n) is 3.10. The van der Waals surface area contributed by atoms with Crippen molar-refractivity contribution in [3.8, 4) is 0 Å². The maximum absolute atomic E-state index is 6.81. The van der Waals surface area contributed by atoms with E-state index in [4.69, 9.17) is 5.41 Å². The Morgan fingerprint density at radius 2 is 2.50 bits per heavy atom. The number of hydrogen-bond donors (Lipinski definition) is 1. The molecule has 0 unspecified atom stereocenters. The van der Waals surface area contributed by atoms with Crippen LogP contribution in [0.3, 0.4) is 0 Å². The summed E-state index contributed by atoms with van der Waals surface area (Å²) in [5, 5.41) is 6.81. The number of aryl methyl sites for hydroxylation is 1. The van der Waals surface area contributed by atoms with Crippen molar-refractivity contribution < 1.29 is 0 Å². The van der Waals surface area contributed by atoms with Crippen molar-refractivity contribution in [1.82, 2.24) is 9.97 Å². The van der Waals surface area contributed by atoms with E-state index in [1.165, 1.54) is 6.21 Å². The average molecular weight is 135 g/mol. The summed E-state index contributed by atoms with van der Waals surface area (Å²) < 4.78 is 0. The summed E-state index contributed by atoms with van der Waals surface area (Å²) in [6.07, 6.45) is 3.54. The molecule has 1 N–H and O–H groups in total. The fourth-order valence-electron chi connectivity index (χ4n) is 0.691. The molecule has 0 aliphatic carbocycles. The van der Waals surface area contributed by atoms with E-state index in [0.717, 1.165) is 11.5 Å². The van der Waals surface area contributed by atoms with Gasteiger partial charge in [-0.25, -0.2) is 9.97 Å². The average Bonchev–Trinajstić information content (AvgIpc) is 1.88. The van der Waals surface area contributed by atoms with Crippen molar-refractivity contribution in [2.24, 2.45) is 0 Å². The summed E-state index contributed by atoms with van der Waals surface area (Å²) in [4.78, 5) is 8.07. The maximum Gasteiger partial charge on any atom is 0.133 e. The van der Waals surface area contributed by atoms with E-state index in [1.807, 2.05) is 13.0 Å². The van der Waals surface area contributed by atoms with Gasteiger partial charge in [0.1, 0.15) is 5.82 Å². The van der Waals surface area contributed by atoms with Crippen LogP contribution < -0.4 is 0 Å². The van der Waals surface area contributed by atoms with Crippen molar-refractivity contribution in [3.63, 3.8) is 0 Å². The van der Waals surface area contributed by atoms with Crippen LogP contribution in [-0.2, 0) is 6.42 Å². The van der Waals surface area contributed by atoms with Gasteiger partial charge >= 0.3 is 0 Å². The van der Waals surface area contributed by atoms with E-state index < -0.39 is 0 Å². The molecule has 52 valence electrons. The number of rotatable bonds is 2. The molecule has 0 spiro atoms. The highest BCUT2D eigenvalue weighted by molar-refractivity contribution is 5.55. The number of nitrogens with zero attached hydrogens (tertiary/aromatic N) is 2. The van der Waals surface area contributed by atoms with Gasteiger partial charge in [0, 0.05) is 24.5 Å². The lowest BCUT2D eigenvalue weighted by Crippen LogP contribution is -1.95. The van der Waals surface area contributed by atoms with Gasteiger partial charge in [0.25, 0.3) is 0 Å². The Hall–Kier alpha value is -1.25. The molecule has 0 aromatic carbocycles. The minimum absolute atomic E-state index is 0.529. The molecule has 0 aliphatic rings. The Bertz CT molecular complexity index is 232. The molecule has 1 aromatic rings. The molecule has 1 heterocycles. The van der Waals surface area contributed by atoms with Crippen molar-refractivity contribution in [1.29, 1.82) is 5.41 Å². The van der Waals surface area contributed by atoms with Crippen LogP contribution >= 0.6 is 0 Å². The van der Waals surface area contributed by atoms with Crippen LogP contribution in [0.5, 0.6) is 0 Å². The number of nitrogens with one attached hydrogen (secondary N) is 1. The van der Waals surface area contributed by atoms with Gasteiger partial charge in [-0.15, -0.1) is 0 Å². The molecule has 1 rings (SSSR count). The molecule has 10 heavy (non-hydrogen) atoms. The summed E-state index contributed by atoms with van der Waals surface area (Å²) in [5.74, 6) is 0.718. The van der Waals surface area contributed by atoms with E-state index in [1.54, 1.807) is 6.20 Å². The van der Waals surface area contributed by atoms with Crippen LogP contribution in [0.4, 0.5) is 0 Å². The van der Waals surface area contributed by atoms with Crippen LogP contribution in [0.1, 0.15) is 11.5 Å². The Morgan fingerprint density at radius 3 is 3.10 bits per heavy atom. The molecular formula is C7H9N3. The lowest BCUT2D eigenvalue weighted by atomic mass is 10.4. The molecule has 0 saturated carbocycles. The van der Waals surface area contributed by atoms with Crippen LogP contribution in [0.2, 0.25) is 0 Å². The highest BCUT2D eigenvalue weighted by atomic mass is 14.9. The molecule has 1 aromatic heterocycles. The first kappa shape index (κ1) is 6.86. The zero-order valence-electron chi connectivity index (χ0n) is 5.83. The number of aromatic nitrogens is 2. The van der Waals surface area contributed by atoms with Gasteiger partial charge in [-0.05, 0) is 13.0 Å². The zero-order chi connectivity index (χ0) is 7.40. The molecule has 3 nitrogen and oxygen atoms in total. The second kappa shape index (κ2) is 3.06. The summed E-state index contributed by atoms with van der Waals surface area (Å²) in [7, 11) is 0. The third-order valence-electron chi connectivity index (χ3n) is 1.13. The van der Waals surface area contributed by atoms with Gasteiger partial charge in [-0.3, -0.25) is 0 Å². The normalized spacial score (nSPS) is 9.30. The Morgan fingerprint density at radius 1 is 1.70 bits per heavy atom. The lowest BCUT2D eigenvalue weighted by Gasteiger charge is -1.93. The largest absolute Gasteiger partial charge is 0.313 e. The fraction of sp³-hybridized carbons (Fsp3) is 0.286. The van der Waals surface area contributed by atoms with Gasteiger partial charge in [-0.2, -0.15) is 0 Å². The summed E-state index contributed by atoms with van der Waals surface area (Å²) in [6, 6.07) is 1.84. The minimum atomic E-state index is 0.529. The maximum atomic E-state index is 6.81. The predicted molar refractivity (Wildman–Crippen MR) is 39.3 cm³/mol. The van der Waals surface area contributed by atoms with Gasteiger partial charge in [-0.1, -0.05) is 0 Å². The molecule has 0 aliphatic heterocycles. The van der Waals surface area contributed by atoms with Gasteiger partial charge in [0.05, 0.1) is 0 Å². The summed E-state index contributed by atoms with van der Waals surface area (Å²) >= 11 is 0. The highest BCUT2D eigenvalue weighted by Gasteiger charge is 1.91. The Labute approximate surface area is 59.7 Å². The van der Waals surface area contributed by atoms with Crippen molar-refractivity contribution in [3.05, 3.63) is 23.8 Å². The Kier molecular flexibility index (Phi) is 2.10. The zero-order valence-corrected chi connectivity index (χ0v) is 5.83. The summed E-state index contributed by atoms with van der Waals surface area (Å²) in [5.41, 5.74) is 0.951. The highest BCUT2D eigenvalue weighted by Crippen LogP contribution is 1.91. The van der Waals surface area contributed by atoms with Gasteiger partial charge in [0.2, 0.25) is 0 Å². The number of hydrogen-bond acceptors (Lipinski definition) is 3. The lowest BCUT2D eigenvalue weighted by molar-refractivity contribution is 0.980. The van der Waals surface area contributed by atoms with Crippen LogP contribution in [0.15, 0.2) is 12.3 Å². The van der Waals surface area contributed by atoms with Gasteiger partial charge < -0.3 is 5.41 Å². The first-order chi connectivity index (χ1) is 4.83.